The molecule has 132 valence electrons. The highest BCUT2D eigenvalue weighted by Crippen LogP contribution is 2.15. The third-order valence-electron chi connectivity index (χ3n) is 4.51. The maximum absolute atomic E-state index is 12.4. The number of aromatic nitrogens is 1. The molecule has 6 nitrogen and oxygen atoms in total. The van der Waals surface area contributed by atoms with Crippen LogP contribution < -0.4 is 4.74 Å². The Morgan fingerprint density at radius 2 is 1.84 bits per heavy atom. The van der Waals surface area contributed by atoms with E-state index in [1.54, 1.807) is 24.3 Å². The molecule has 2 aromatic rings. The van der Waals surface area contributed by atoms with E-state index in [9.17, 15) is 9.59 Å². The van der Waals surface area contributed by atoms with E-state index in [0.29, 0.717) is 44.7 Å². The largest absolute Gasteiger partial charge is 0.497 e. The zero-order valence-electron chi connectivity index (χ0n) is 14.4. The SMILES string of the molecule is COc1cccc(CCC(=O)N2CCN(C(=O)c3ccc[nH]3)CC2)c1. The Balaban J connectivity index is 1.47. The molecule has 3 rings (SSSR count). The monoisotopic (exact) mass is 341 g/mol. The second kappa shape index (κ2) is 7.88. The van der Waals surface area contributed by atoms with Crippen molar-refractivity contribution in [2.75, 3.05) is 33.3 Å². The predicted molar refractivity (Wildman–Crippen MR) is 94.6 cm³/mol. The number of hydrogen-bond acceptors (Lipinski definition) is 3. The molecule has 1 aliphatic heterocycles. The normalized spacial score (nSPS) is 14.4. The minimum atomic E-state index is -0.00604. The number of piperazine rings is 1. The van der Waals surface area contributed by atoms with E-state index in [1.165, 1.54) is 0 Å². The van der Waals surface area contributed by atoms with Crippen LogP contribution in [0.4, 0.5) is 0 Å². The molecular formula is C19H23N3O3. The number of carbonyl (C=O) groups is 2. The van der Waals surface area contributed by atoms with Crippen molar-refractivity contribution in [1.29, 1.82) is 0 Å². The fourth-order valence-electron chi connectivity index (χ4n) is 3.03. The van der Waals surface area contributed by atoms with Gasteiger partial charge in [0.2, 0.25) is 5.91 Å². The molecule has 1 aromatic carbocycles. The minimum Gasteiger partial charge on any atom is -0.497 e. The van der Waals surface area contributed by atoms with Gasteiger partial charge in [0.05, 0.1) is 7.11 Å². The maximum Gasteiger partial charge on any atom is 0.270 e. The molecular weight excluding hydrogens is 318 g/mol. The first-order valence-electron chi connectivity index (χ1n) is 8.51. The van der Waals surface area contributed by atoms with E-state index in [-0.39, 0.29) is 11.8 Å². The first-order valence-corrected chi connectivity index (χ1v) is 8.51. The summed E-state index contributed by atoms with van der Waals surface area (Å²) in [6.45, 7) is 2.32. The van der Waals surface area contributed by atoms with Crippen molar-refractivity contribution >= 4 is 11.8 Å². The molecule has 0 spiro atoms. The zero-order valence-corrected chi connectivity index (χ0v) is 14.4. The topological polar surface area (TPSA) is 65.6 Å². The Morgan fingerprint density at radius 1 is 1.08 bits per heavy atom. The number of nitrogens with one attached hydrogen (secondary N) is 1. The summed E-state index contributed by atoms with van der Waals surface area (Å²) >= 11 is 0. The third-order valence-corrected chi connectivity index (χ3v) is 4.51. The van der Waals surface area contributed by atoms with Crippen LogP contribution >= 0.6 is 0 Å². The number of rotatable bonds is 5. The molecule has 1 aliphatic rings. The van der Waals surface area contributed by atoms with Crippen LogP contribution in [-0.2, 0) is 11.2 Å². The second-order valence-corrected chi connectivity index (χ2v) is 6.11. The van der Waals surface area contributed by atoms with E-state index < -0.39 is 0 Å². The standard InChI is InChI=1S/C19H23N3O3/c1-25-16-5-2-4-15(14-16)7-8-18(23)21-10-12-22(13-11-21)19(24)17-6-3-9-20-17/h2-6,9,14,20H,7-8,10-13H2,1H3. The summed E-state index contributed by atoms with van der Waals surface area (Å²) in [6.07, 6.45) is 2.90. The van der Waals surface area contributed by atoms with Crippen molar-refractivity contribution in [1.82, 2.24) is 14.8 Å². The van der Waals surface area contributed by atoms with Crippen molar-refractivity contribution in [3.63, 3.8) is 0 Å². The number of hydrogen-bond donors (Lipinski definition) is 1. The zero-order chi connectivity index (χ0) is 17.6. The Kier molecular flexibility index (Phi) is 5.38. The number of amides is 2. The Hall–Kier alpha value is -2.76. The average molecular weight is 341 g/mol. The second-order valence-electron chi connectivity index (χ2n) is 6.11. The highest BCUT2D eigenvalue weighted by atomic mass is 16.5. The quantitative estimate of drug-likeness (QED) is 0.904. The van der Waals surface area contributed by atoms with Crippen molar-refractivity contribution in [3.8, 4) is 5.75 Å². The van der Waals surface area contributed by atoms with Crippen molar-refractivity contribution in [2.24, 2.45) is 0 Å². The molecule has 1 fully saturated rings. The van der Waals surface area contributed by atoms with E-state index in [2.05, 4.69) is 4.98 Å². The summed E-state index contributed by atoms with van der Waals surface area (Å²) in [7, 11) is 1.64. The average Bonchev–Trinajstić information content (AvgIpc) is 3.20. The number of benzene rings is 1. The van der Waals surface area contributed by atoms with Gasteiger partial charge >= 0.3 is 0 Å². The number of H-pyrrole nitrogens is 1. The van der Waals surface area contributed by atoms with Gasteiger partial charge in [0.15, 0.2) is 0 Å². The van der Waals surface area contributed by atoms with Crippen LogP contribution in [0.25, 0.3) is 0 Å². The van der Waals surface area contributed by atoms with Gasteiger partial charge in [-0.2, -0.15) is 0 Å². The minimum absolute atomic E-state index is 0.00604. The van der Waals surface area contributed by atoms with Crippen LogP contribution in [-0.4, -0.2) is 59.9 Å². The molecule has 6 heteroatoms. The summed E-state index contributed by atoms with van der Waals surface area (Å²) in [5, 5.41) is 0. The van der Waals surface area contributed by atoms with Gasteiger partial charge < -0.3 is 19.5 Å². The Morgan fingerprint density at radius 3 is 2.52 bits per heavy atom. The molecule has 25 heavy (non-hydrogen) atoms. The van der Waals surface area contributed by atoms with Crippen molar-refractivity contribution in [3.05, 3.63) is 53.9 Å². The number of nitrogens with zero attached hydrogens (tertiary/aromatic N) is 2. The smallest absolute Gasteiger partial charge is 0.270 e. The van der Waals surface area contributed by atoms with E-state index in [4.69, 9.17) is 4.74 Å². The van der Waals surface area contributed by atoms with Crippen molar-refractivity contribution < 1.29 is 14.3 Å². The molecule has 1 aromatic heterocycles. The number of carbonyl (C=O) groups excluding carboxylic acids is 2. The van der Waals surface area contributed by atoms with E-state index in [1.807, 2.05) is 35.2 Å². The molecule has 1 saturated heterocycles. The van der Waals surface area contributed by atoms with Gasteiger partial charge in [-0.1, -0.05) is 12.1 Å². The van der Waals surface area contributed by atoms with Crippen LogP contribution in [0.1, 0.15) is 22.5 Å². The molecule has 0 saturated carbocycles. The van der Waals surface area contributed by atoms with Crippen molar-refractivity contribution in [2.45, 2.75) is 12.8 Å². The van der Waals surface area contributed by atoms with E-state index >= 15 is 0 Å². The summed E-state index contributed by atoms with van der Waals surface area (Å²) in [5.41, 5.74) is 1.69. The maximum atomic E-state index is 12.4. The lowest BCUT2D eigenvalue weighted by Gasteiger charge is -2.34. The third kappa shape index (κ3) is 4.21. The fraction of sp³-hybridized carbons (Fsp3) is 0.368. The van der Waals surface area contributed by atoms with Gasteiger partial charge in [0.25, 0.3) is 5.91 Å². The van der Waals surface area contributed by atoms with Crippen LogP contribution in [0, 0.1) is 0 Å². The fourth-order valence-corrected chi connectivity index (χ4v) is 3.03. The number of aromatic amines is 1. The Labute approximate surface area is 147 Å². The summed E-state index contributed by atoms with van der Waals surface area (Å²) in [6, 6.07) is 11.4. The molecule has 1 N–H and O–H groups in total. The van der Waals surface area contributed by atoms with Gasteiger partial charge in [-0.3, -0.25) is 9.59 Å². The van der Waals surface area contributed by atoms with Gasteiger partial charge in [-0.05, 0) is 36.2 Å². The Bertz CT molecular complexity index is 719. The lowest BCUT2D eigenvalue weighted by molar-refractivity contribution is -0.132. The van der Waals surface area contributed by atoms with Gasteiger partial charge in [-0.15, -0.1) is 0 Å². The summed E-state index contributed by atoms with van der Waals surface area (Å²) in [4.78, 5) is 31.3. The molecule has 0 radical (unpaired) electrons. The van der Waals surface area contributed by atoms with Crippen LogP contribution in [0.15, 0.2) is 42.6 Å². The van der Waals surface area contributed by atoms with Crippen LogP contribution in [0.5, 0.6) is 5.75 Å². The molecule has 0 aliphatic carbocycles. The van der Waals surface area contributed by atoms with Gasteiger partial charge in [-0.25, -0.2) is 0 Å². The van der Waals surface area contributed by atoms with Crippen LogP contribution in [0.3, 0.4) is 0 Å². The first-order chi connectivity index (χ1) is 12.2. The molecule has 0 atom stereocenters. The lowest BCUT2D eigenvalue weighted by atomic mass is 10.1. The number of aryl methyl sites for hydroxylation is 1. The summed E-state index contributed by atoms with van der Waals surface area (Å²) < 4.78 is 5.21. The molecule has 0 bridgehead atoms. The molecule has 2 heterocycles. The molecule has 0 unspecified atom stereocenters. The lowest BCUT2D eigenvalue weighted by Crippen LogP contribution is -2.50. The molecule has 2 amide bonds. The van der Waals surface area contributed by atoms with E-state index in [0.717, 1.165) is 11.3 Å². The highest BCUT2D eigenvalue weighted by Gasteiger charge is 2.24. The number of ether oxygens (including phenoxy) is 1. The van der Waals surface area contributed by atoms with Crippen LogP contribution in [0.2, 0.25) is 0 Å². The first kappa shape index (κ1) is 17.1. The highest BCUT2D eigenvalue weighted by molar-refractivity contribution is 5.92. The number of methoxy groups -OCH3 is 1. The van der Waals surface area contributed by atoms with Gasteiger partial charge in [0, 0.05) is 38.8 Å². The predicted octanol–water partition coefficient (Wildman–Crippen LogP) is 1.94. The summed E-state index contributed by atoms with van der Waals surface area (Å²) in [5.74, 6) is 0.935. The van der Waals surface area contributed by atoms with Gasteiger partial charge in [0.1, 0.15) is 11.4 Å².